The second kappa shape index (κ2) is 6.05. The maximum absolute atomic E-state index is 12.0. The molecule has 7 nitrogen and oxygen atoms in total. The molecule has 0 aliphatic carbocycles. The zero-order chi connectivity index (χ0) is 16.3. The highest BCUT2D eigenvalue weighted by atomic mass is 16.5. The van der Waals surface area contributed by atoms with E-state index in [9.17, 15) is 14.4 Å². The smallest absolute Gasteiger partial charge is 0.325 e. The summed E-state index contributed by atoms with van der Waals surface area (Å²) in [5.74, 6) is 0.192. The molecule has 0 saturated carbocycles. The van der Waals surface area contributed by atoms with Crippen molar-refractivity contribution in [3.8, 4) is 5.75 Å². The Morgan fingerprint density at radius 1 is 1.27 bits per heavy atom. The number of carbonyl (C=O) groups is 3. The number of carbonyl (C=O) groups excluding carboxylic acids is 3. The van der Waals surface area contributed by atoms with Crippen LogP contribution < -0.4 is 15.4 Å². The van der Waals surface area contributed by atoms with Crippen LogP contribution >= 0.6 is 0 Å². The van der Waals surface area contributed by atoms with E-state index in [0.29, 0.717) is 11.4 Å². The van der Waals surface area contributed by atoms with Crippen molar-refractivity contribution in [3.63, 3.8) is 0 Å². The summed E-state index contributed by atoms with van der Waals surface area (Å²) in [6, 6.07) is 6.45. The Balaban J connectivity index is 1.85. The van der Waals surface area contributed by atoms with Crippen LogP contribution in [0.2, 0.25) is 0 Å². The van der Waals surface area contributed by atoms with Crippen molar-refractivity contribution in [1.82, 2.24) is 10.2 Å². The van der Waals surface area contributed by atoms with Crippen molar-refractivity contribution < 1.29 is 19.1 Å². The third-order valence-electron chi connectivity index (χ3n) is 3.20. The van der Waals surface area contributed by atoms with Crippen LogP contribution in [0, 0.1) is 0 Å². The molecule has 1 heterocycles. The summed E-state index contributed by atoms with van der Waals surface area (Å²) in [6.07, 6.45) is 0. The largest absolute Gasteiger partial charge is 0.492 e. The van der Waals surface area contributed by atoms with Gasteiger partial charge in [-0.2, -0.15) is 0 Å². The third-order valence-corrected chi connectivity index (χ3v) is 3.20. The Labute approximate surface area is 128 Å². The van der Waals surface area contributed by atoms with E-state index in [1.807, 2.05) is 0 Å². The van der Waals surface area contributed by atoms with Crippen molar-refractivity contribution >= 4 is 23.5 Å². The second-order valence-electron chi connectivity index (χ2n) is 5.57. The number of urea groups is 1. The van der Waals surface area contributed by atoms with E-state index in [4.69, 9.17) is 4.74 Å². The Bertz CT molecular complexity index is 595. The minimum Gasteiger partial charge on any atom is -0.492 e. The number of hydrogen-bond acceptors (Lipinski definition) is 4. The van der Waals surface area contributed by atoms with E-state index in [1.165, 1.54) is 6.92 Å². The summed E-state index contributed by atoms with van der Waals surface area (Å²) in [4.78, 5) is 35.7. The summed E-state index contributed by atoms with van der Waals surface area (Å²) in [5.41, 5.74) is -0.187. The minimum absolute atomic E-state index is 0.144. The topological polar surface area (TPSA) is 87.7 Å². The van der Waals surface area contributed by atoms with Gasteiger partial charge in [-0.1, -0.05) is 0 Å². The molecule has 2 rings (SSSR count). The van der Waals surface area contributed by atoms with Crippen LogP contribution in [0.25, 0.3) is 0 Å². The average Bonchev–Trinajstić information content (AvgIpc) is 2.62. The van der Waals surface area contributed by atoms with Crippen molar-refractivity contribution in [2.45, 2.75) is 26.3 Å². The molecule has 1 aromatic carbocycles. The Morgan fingerprint density at radius 2 is 1.91 bits per heavy atom. The molecule has 0 aromatic heterocycles. The standard InChI is InChI=1S/C15H19N3O4/c1-10(19)16-11-4-6-12(7-5-11)22-9-8-18-13(20)15(2,3)17-14(18)21/h4-7H,8-9H2,1-3H3,(H,16,19)(H,17,21). The van der Waals surface area contributed by atoms with Gasteiger partial charge in [0.1, 0.15) is 17.9 Å². The number of benzene rings is 1. The van der Waals surface area contributed by atoms with Crippen LogP contribution in [-0.4, -0.2) is 41.4 Å². The van der Waals surface area contributed by atoms with Gasteiger partial charge < -0.3 is 15.4 Å². The van der Waals surface area contributed by atoms with Crippen molar-refractivity contribution in [2.24, 2.45) is 0 Å². The van der Waals surface area contributed by atoms with Crippen LogP contribution in [0.1, 0.15) is 20.8 Å². The number of nitrogens with zero attached hydrogens (tertiary/aromatic N) is 1. The average molecular weight is 305 g/mol. The number of rotatable bonds is 5. The maximum Gasteiger partial charge on any atom is 0.325 e. The molecule has 1 aliphatic heterocycles. The van der Waals surface area contributed by atoms with Crippen molar-refractivity contribution in [1.29, 1.82) is 0 Å². The van der Waals surface area contributed by atoms with Gasteiger partial charge in [0.25, 0.3) is 5.91 Å². The molecular formula is C15H19N3O4. The molecule has 2 N–H and O–H groups in total. The molecule has 118 valence electrons. The summed E-state index contributed by atoms with van der Waals surface area (Å²) >= 11 is 0. The van der Waals surface area contributed by atoms with Crippen LogP contribution in [0.15, 0.2) is 24.3 Å². The van der Waals surface area contributed by atoms with Crippen LogP contribution in [0.3, 0.4) is 0 Å². The predicted molar refractivity (Wildman–Crippen MR) is 80.6 cm³/mol. The lowest BCUT2D eigenvalue weighted by Crippen LogP contribution is -2.40. The summed E-state index contributed by atoms with van der Waals surface area (Å²) in [6.45, 7) is 5.14. The third kappa shape index (κ3) is 3.55. The van der Waals surface area contributed by atoms with Gasteiger partial charge in [-0.3, -0.25) is 14.5 Å². The number of ether oxygens (including phenoxy) is 1. The quantitative estimate of drug-likeness (QED) is 0.804. The first kappa shape index (κ1) is 15.8. The molecule has 0 spiro atoms. The van der Waals surface area contributed by atoms with Crippen molar-refractivity contribution in [2.75, 3.05) is 18.5 Å². The summed E-state index contributed by atoms with van der Waals surface area (Å²) in [7, 11) is 0. The lowest BCUT2D eigenvalue weighted by molar-refractivity contribution is -0.130. The molecule has 1 fully saturated rings. The van der Waals surface area contributed by atoms with Gasteiger partial charge in [0.2, 0.25) is 5.91 Å². The van der Waals surface area contributed by atoms with Gasteiger partial charge in [0.15, 0.2) is 0 Å². The van der Waals surface area contributed by atoms with E-state index in [2.05, 4.69) is 10.6 Å². The van der Waals surface area contributed by atoms with Crippen LogP contribution in [-0.2, 0) is 9.59 Å². The number of anilines is 1. The number of nitrogens with one attached hydrogen (secondary N) is 2. The molecule has 1 aliphatic rings. The van der Waals surface area contributed by atoms with Gasteiger partial charge in [-0.05, 0) is 38.1 Å². The normalized spacial score (nSPS) is 16.4. The second-order valence-corrected chi connectivity index (χ2v) is 5.57. The maximum atomic E-state index is 12.0. The SMILES string of the molecule is CC(=O)Nc1ccc(OCCN2C(=O)NC(C)(C)C2=O)cc1. The Kier molecular flexibility index (Phi) is 4.35. The fourth-order valence-electron chi connectivity index (χ4n) is 2.11. The summed E-state index contributed by atoms with van der Waals surface area (Å²) in [5, 5.41) is 5.26. The lowest BCUT2D eigenvalue weighted by atomic mass is 10.1. The van der Waals surface area contributed by atoms with Crippen LogP contribution in [0.5, 0.6) is 5.75 Å². The van der Waals surface area contributed by atoms with E-state index in [0.717, 1.165) is 4.90 Å². The molecule has 0 bridgehead atoms. The molecule has 7 heteroatoms. The van der Waals surface area contributed by atoms with Crippen molar-refractivity contribution in [3.05, 3.63) is 24.3 Å². The Morgan fingerprint density at radius 3 is 2.41 bits per heavy atom. The molecule has 1 saturated heterocycles. The van der Waals surface area contributed by atoms with Gasteiger partial charge in [0, 0.05) is 12.6 Å². The van der Waals surface area contributed by atoms with Gasteiger partial charge in [-0.15, -0.1) is 0 Å². The molecule has 0 radical (unpaired) electrons. The predicted octanol–water partition coefficient (Wildman–Crippen LogP) is 1.35. The molecular weight excluding hydrogens is 286 g/mol. The Hall–Kier alpha value is -2.57. The zero-order valence-corrected chi connectivity index (χ0v) is 12.8. The molecule has 0 unspecified atom stereocenters. The lowest BCUT2D eigenvalue weighted by Gasteiger charge is -2.16. The van der Waals surface area contributed by atoms with Crippen LogP contribution in [0.4, 0.5) is 10.5 Å². The van der Waals surface area contributed by atoms with Gasteiger partial charge in [-0.25, -0.2) is 4.79 Å². The number of imide groups is 1. The minimum atomic E-state index is -0.864. The van der Waals surface area contributed by atoms with Gasteiger partial charge >= 0.3 is 6.03 Å². The van der Waals surface area contributed by atoms with E-state index in [-0.39, 0.29) is 25.0 Å². The number of hydrogen-bond donors (Lipinski definition) is 2. The monoisotopic (exact) mass is 305 g/mol. The highest BCUT2D eigenvalue weighted by Crippen LogP contribution is 2.18. The highest BCUT2D eigenvalue weighted by Gasteiger charge is 2.43. The molecule has 0 atom stereocenters. The molecule has 1 aromatic rings. The number of amides is 4. The zero-order valence-electron chi connectivity index (χ0n) is 12.8. The molecule has 22 heavy (non-hydrogen) atoms. The first-order valence-corrected chi connectivity index (χ1v) is 6.94. The highest BCUT2D eigenvalue weighted by molar-refractivity contribution is 6.06. The van der Waals surface area contributed by atoms with E-state index in [1.54, 1.807) is 38.1 Å². The van der Waals surface area contributed by atoms with Gasteiger partial charge in [0.05, 0.1) is 6.54 Å². The first-order valence-electron chi connectivity index (χ1n) is 6.94. The fourth-order valence-corrected chi connectivity index (χ4v) is 2.11. The summed E-state index contributed by atoms with van der Waals surface area (Å²) < 4.78 is 5.51. The fraction of sp³-hybridized carbons (Fsp3) is 0.400. The van der Waals surface area contributed by atoms with E-state index < -0.39 is 11.6 Å². The molecule has 4 amide bonds. The van der Waals surface area contributed by atoms with E-state index >= 15 is 0 Å². The first-order chi connectivity index (χ1) is 10.3.